The lowest BCUT2D eigenvalue weighted by molar-refractivity contribution is -0.122. The van der Waals surface area contributed by atoms with Crippen LogP contribution in [0.25, 0.3) is 0 Å². The molecule has 1 aliphatic rings. The quantitative estimate of drug-likeness (QED) is 0.445. The summed E-state index contributed by atoms with van der Waals surface area (Å²) in [6.07, 6.45) is 1.21. The van der Waals surface area contributed by atoms with Crippen molar-refractivity contribution in [2.24, 2.45) is 16.1 Å². The second-order valence-electron chi connectivity index (χ2n) is 4.14. The molecule has 0 aromatic heterocycles. The molecule has 1 aromatic carbocycles. The van der Waals surface area contributed by atoms with Crippen molar-refractivity contribution in [1.82, 2.24) is 10.9 Å². The minimum Gasteiger partial charge on any atom is -0.508 e. The van der Waals surface area contributed by atoms with Gasteiger partial charge in [0.25, 0.3) is 5.91 Å². The van der Waals surface area contributed by atoms with Crippen molar-refractivity contribution in [3.05, 3.63) is 23.8 Å². The maximum atomic E-state index is 11.7. The lowest BCUT2D eigenvalue weighted by Crippen LogP contribution is -2.32. The van der Waals surface area contributed by atoms with Crippen LogP contribution in [-0.2, 0) is 9.59 Å². The van der Waals surface area contributed by atoms with Crippen molar-refractivity contribution in [3.63, 3.8) is 0 Å². The number of carbonyl (C=O) groups excluding carboxylic acids is 2. The van der Waals surface area contributed by atoms with Gasteiger partial charge in [-0.15, -0.1) is 0 Å². The third-order valence-corrected chi connectivity index (χ3v) is 2.71. The third-order valence-electron chi connectivity index (χ3n) is 2.71. The molecule has 1 aromatic rings. The number of nitrogens with one attached hydrogen (secondary N) is 2. The Morgan fingerprint density at radius 1 is 1.50 bits per heavy atom. The van der Waals surface area contributed by atoms with E-state index in [1.54, 1.807) is 6.92 Å². The molecule has 2 rings (SSSR count). The molecule has 0 spiro atoms. The number of hydrogen-bond donors (Lipinski definition) is 4. The number of hydrogen-bond acceptors (Lipinski definition) is 6. The van der Waals surface area contributed by atoms with Gasteiger partial charge in [-0.1, -0.05) is 0 Å². The Kier molecular flexibility index (Phi) is 3.65. The molecule has 0 saturated heterocycles. The molecule has 20 heavy (non-hydrogen) atoms. The minimum absolute atomic E-state index is 0.0436. The third kappa shape index (κ3) is 2.74. The zero-order valence-corrected chi connectivity index (χ0v) is 10.5. The highest BCUT2D eigenvalue weighted by Crippen LogP contribution is 2.20. The molecule has 0 fully saturated rings. The summed E-state index contributed by atoms with van der Waals surface area (Å²) < 4.78 is 0. The molecule has 4 N–H and O–H groups in total. The maximum Gasteiger partial charge on any atom is 0.288 e. The van der Waals surface area contributed by atoms with Crippen LogP contribution in [-0.4, -0.2) is 34.0 Å². The summed E-state index contributed by atoms with van der Waals surface area (Å²) in [7, 11) is 0. The standard InChI is InChI=1S/C12H12N4O4/c1-6-10(14-16-11(6)19)12(20)15-13-5-7-2-3-8(17)4-9(7)18/h2-6,17-18H,1H3,(H,15,20)(H,16,19)/b13-5+/t6-/m1/s1. The van der Waals surface area contributed by atoms with Gasteiger partial charge < -0.3 is 10.2 Å². The van der Waals surface area contributed by atoms with Gasteiger partial charge in [-0.05, 0) is 19.1 Å². The molecular weight excluding hydrogens is 264 g/mol. The number of hydrazone groups is 2. The molecule has 8 nitrogen and oxygen atoms in total. The topological polar surface area (TPSA) is 123 Å². The molecule has 1 aliphatic heterocycles. The number of phenolic OH excluding ortho intramolecular Hbond substituents is 2. The number of nitrogens with zero attached hydrogens (tertiary/aromatic N) is 2. The number of aromatic hydroxyl groups is 2. The van der Waals surface area contributed by atoms with E-state index in [1.807, 2.05) is 0 Å². The Labute approximate surface area is 113 Å². The second-order valence-corrected chi connectivity index (χ2v) is 4.14. The molecule has 0 saturated carbocycles. The minimum atomic E-state index is -0.632. The molecule has 0 aliphatic carbocycles. The molecular formula is C12H12N4O4. The molecule has 0 bridgehead atoms. The van der Waals surface area contributed by atoms with Crippen LogP contribution in [0.2, 0.25) is 0 Å². The fraction of sp³-hybridized carbons (Fsp3) is 0.167. The van der Waals surface area contributed by atoms with E-state index in [0.29, 0.717) is 5.56 Å². The zero-order valence-electron chi connectivity index (χ0n) is 10.5. The van der Waals surface area contributed by atoms with E-state index in [1.165, 1.54) is 18.3 Å². The SMILES string of the molecule is C[C@H]1C(=O)NN=C1C(=O)N/N=C/c1ccc(O)cc1O. The predicted molar refractivity (Wildman–Crippen MR) is 70.3 cm³/mol. The van der Waals surface area contributed by atoms with Crippen LogP contribution in [0.4, 0.5) is 0 Å². The summed E-state index contributed by atoms with van der Waals surface area (Å²) in [5.74, 6) is -1.85. The first kappa shape index (κ1) is 13.5. The Bertz CT molecular complexity index is 624. The van der Waals surface area contributed by atoms with E-state index in [0.717, 1.165) is 6.07 Å². The molecule has 0 radical (unpaired) electrons. The Morgan fingerprint density at radius 2 is 2.25 bits per heavy atom. The van der Waals surface area contributed by atoms with Gasteiger partial charge in [-0.3, -0.25) is 9.59 Å². The number of phenols is 2. The van der Waals surface area contributed by atoms with Crippen LogP contribution < -0.4 is 10.9 Å². The van der Waals surface area contributed by atoms with Crippen molar-refractivity contribution >= 4 is 23.7 Å². The fourth-order valence-electron chi connectivity index (χ4n) is 1.54. The number of carbonyl (C=O) groups is 2. The van der Waals surface area contributed by atoms with Crippen molar-refractivity contribution in [1.29, 1.82) is 0 Å². The zero-order chi connectivity index (χ0) is 14.7. The largest absolute Gasteiger partial charge is 0.508 e. The van der Waals surface area contributed by atoms with E-state index in [4.69, 9.17) is 5.11 Å². The van der Waals surface area contributed by atoms with Gasteiger partial charge in [-0.2, -0.15) is 10.2 Å². The summed E-state index contributed by atoms with van der Waals surface area (Å²) in [6, 6.07) is 3.95. The van der Waals surface area contributed by atoms with Crippen molar-refractivity contribution in [2.45, 2.75) is 6.92 Å². The van der Waals surface area contributed by atoms with Gasteiger partial charge in [0.1, 0.15) is 17.2 Å². The molecule has 2 amide bonds. The lowest BCUT2D eigenvalue weighted by atomic mass is 10.1. The van der Waals surface area contributed by atoms with Crippen LogP contribution in [0.3, 0.4) is 0 Å². The van der Waals surface area contributed by atoms with Crippen molar-refractivity contribution in [3.8, 4) is 11.5 Å². The summed E-state index contributed by atoms with van der Waals surface area (Å²) in [6.45, 7) is 1.55. The molecule has 104 valence electrons. The Hall–Kier alpha value is -2.90. The number of benzene rings is 1. The van der Waals surface area contributed by atoms with E-state index in [9.17, 15) is 14.7 Å². The van der Waals surface area contributed by atoms with Crippen molar-refractivity contribution < 1.29 is 19.8 Å². The monoisotopic (exact) mass is 276 g/mol. The highest BCUT2D eigenvalue weighted by atomic mass is 16.3. The van der Waals surface area contributed by atoms with Crippen molar-refractivity contribution in [2.75, 3.05) is 0 Å². The summed E-state index contributed by atoms with van der Waals surface area (Å²) >= 11 is 0. The molecule has 0 unspecified atom stereocenters. The van der Waals surface area contributed by atoms with E-state index >= 15 is 0 Å². The predicted octanol–water partition coefficient (Wildman–Crippen LogP) is -0.330. The van der Waals surface area contributed by atoms with Crippen LogP contribution in [0.15, 0.2) is 28.4 Å². The average molecular weight is 276 g/mol. The van der Waals surface area contributed by atoms with Gasteiger partial charge in [0.2, 0.25) is 5.91 Å². The summed E-state index contributed by atoms with van der Waals surface area (Å²) in [5.41, 5.74) is 4.75. The fourth-order valence-corrected chi connectivity index (χ4v) is 1.54. The smallest absolute Gasteiger partial charge is 0.288 e. The van der Waals surface area contributed by atoms with Gasteiger partial charge in [0.05, 0.1) is 12.1 Å². The highest BCUT2D eigenvalue weighted by Gasteiger charge is 2.30. The Balaban J connectivity index is 2.00. The van der Waals surface area contributed by atoms with Crippen LogP contribution in [0, 0.1) is 5.92 Å². The van der Waals surface area contributed by atoms with Gasteiger partial charge in [0, 0.05) is 11.6 Å². The summed E-state index contributed by atoms with van der Waals surface area (Å²) in [5, 5.41) is 25.9. The maximum absolute atomic E-state index is 11.7. The summed E-state index contributed by atoms with van der Waals surface area (Å²) in [4.78, 5) is 22.8. The van der Waals surface area contributed by atoms with Gasteiger partial charge in [0.15, 0.2) is 0 Å². The van der Waals surface area contributed by atoms with Gasteiger partial charge in [-0.25, -0.2) is 10.9 Å². The number of rotatable bonds is 3. The number of amides is 2. The first-order valence-corrected chi connectivity index (χ1v) is 5.72. The average Bonchev–Trinajstić information content (AvgIpc) is 2.72. The highest BCUT2D eigenvalue weighted by molar-refractivity contribution is 6.44. The Morgan fingerprint density at radius 3 is 2.85 bits per heavy atom. The van der Waals surface area contributed by atoms with Crippen LogP contribution in [0.5, 0.6) is 11.5 Å². The van der Waals surface area contributed by atoms with E-state index in [-0.39, 0.29) is 23.1 Å². The first-order chi connectivity index (χ1) is 9.49. The first-order valence-electron chi connectivity index (χ1n) is 5.72. The van der Waals surface area contributed by atoms with Crippen LogP contribution >= 0.6 is 0 Å². The van der Waals surface area contributed by atoms with Gasteiger partial charge >= 0.3 is 0 Å². The normalized spacial score (nSPS) is 17.9. The molecule has 8 heteroatoms. The molecule has 1 atom stereocenters. The van der Waals surface area contributed by atoms with E-state index in [2.05, 4.69) is 21.1 Å². The molecule has 1 heterocycles. The lowest BCUT2D eigenvalue weighted by Gasteiger charge is -2.02. The van der Waals surface area contributed by atoms with E-state index < -0.39 is 11.8 Å². The van der Waals surface area contributed by atoms with Crippen LogP contribution in [0.1, 0.15) is 12.5 Å². The second kappa shape index (κ2) is 5.39.